The molecular weight excluding hydrogens is 536 g/mol. The van der Waals surface area contributed by atoms with Crippen LogP contribution < -0.4 is 0 Å². The molecule has 0 heterocycles. The molecule has 0 amide bonds. The van der Waals surface area contributed by atoms with Crippen molar-refractivity contribution in [2.45, 2.75) is 196 Å². The Morgan fingerprint density at radius 2 is 0.976 bits per heavy atom. The van der Waals surface area contributed by atoms with Crippen molar-refractivity contribution in [3.8, 4) is 0 Å². The predicted molar refractivity (Wildman–Crippen MR) is 183 cm³/mol. The molecule has 0 aliphatic carbocycles. The largest absolute Gasteiger partial charge is 2.00 e. The first-order valence-corrected chi connectivity index (χ1v) is 18.2. The van der Waals surface area contributed by atoms with Crippen LogP contribution in [-0.4, -0.2) is 0 Å². The van der Waals surface area contributed by atoms with Gasteiger partial charge in [0.15, 0.2) is 0 Å². The van der Waals surface area contributed by atoms with Gasteiger partial charge in [0, 0.05) is 0 Å². The Morgan fingerprint density at radius 3 is 1.54 bits per heavy atom. The van der Waals surface area contributed by atoms with Crippen molar-refractivity contribution in [1.82, 2.24) is 0 Å². The monoisotopic (exact) mass is 606 g/mol. The zero-order valence-electron chi connectivity index (χ0n) is 28.6. The van der Waals surface area contributed by atoms with E-state index in [2.05, 4.69) is 65.8 Å². The van der Waals surface area contributed by atoms with Gasteiger partial charge in [0.25, 0.3) is 0 Å². The number of aryl methyl sites for hydroxylation is 4. The van der Waals surface area contributed by atoms with Crippen LogP contribution in [0.1, 0.15) is 190 Å². The van der Waals surface area contributed by atoms with Gasteiger partial charge in [0.1, 0.15) is 0 Å². The smallest absolute Gasteiger partial charge is 0.210 e. The van der Waals surface area contributed by atoms with E-state index in [0.717, 1.165) is 0 Å². The van der Waals surface area contributed by atoms with Gasteiger partial charge in [-0.3, -0.25) is 0 Å². The second kappa shape index (κ2) is 28.0. The quantitative estimate of drug-likeness (QED) is 0.0633. The van der Waals surface area contributed by atoms with E-state index in [1.165, 1.54) is 154 Å². The van der Waals surface area contributed by atoms with Crippen molar-refractivity contribution in [3.05, 3.63) is 57.6 Å². The zero-order valence-corrected chi connectivity index (χ0v) is 29.7. The van der Waals surface area contributed by atoms with Crippen LogP contribution in [0, 0.1) is 0 Å². The molecule has 0 bridgehead atoms. The Labute approximate surface area is 269 Å². The van der Waals surface area contributed by atoms with Gasteiger partial charge in [0.2, 0.25) is 0 Å². The van der Waals surface area contributed by atoms with Crippen molar-refractivity contribution in [2.75, 3.05) is 0 Å². The molecule has 0 atom stereocenters. The maximum atomic E-state index is 2.63. The fourth-order valence-electron chi connectivity index (χ4n) is 6.19. The normalized spacial score (nSPS) is 10.9. The van der Waals surface area contributed by atoms with Gasteiger partial charge in [0.05, 0.1) is 0 Å². The molecule has 238 valence electrons. The molecule has 0 saturated carbocycles. The van der Waals surface area contributed by atoms with Gasteiger partial charge in [-0.25, -0.2) is 6.07 Å². The van der Waals surface area contributed by atoms with E-state index in [1.807, 2.05) is 0 Å². The summed E-state index contributed by atoms with van der Waals surface area (Å²) in [5.74, 6) is 0. The van der Waals surface area contributed by atoms with Crippen LogP contribution in [0.25, 0.3) is 0 Å². The summed E-state index contributed by atoms with van der Waals surface area (Å²) in [6.07, 6.45) is 32.4. The molecule has 0 fully saturated rings. The van der Waals surface area contributed by atoms with Gasteiger partial charge in [-0.2, -0.15) is 51.6 Å². The van der Waals surface area contributed by atoms with Crippen molar-refractivity contribution >= 4 is 0 Å². The summed E-state index contributed by atoms with van der Waals surface area (Å²) in [6.45, 7) is 13.8. The van der Waals surface area contributed by atoms with E-state index in [0.29, 0.717) is 0 Å². The summed E-state index contributed by atoms with van der Waals surface area (Å²) in [4.78, 5) is 0. The second-order valence-electron chi connectivity index (χ2n) is 12.5. The van der Waals surface area contributed by atoms with Crippen molar-refractivity contribution < 1.29 is 17.1 Å². The van der Waals surface area contributed by atoms with Gasteiger partial charge < -0.3 is 0 Å². The molecule has 1 heteroatoms. The average Bonchev–Trinajstić information content (AvgIpc) is 3.54. The summed E-state index contributed by atoms with van der Waals surface area (Å²) in [7, 11) is 0. The van der Waals surface area contributed by atoms with E-state index < -0.39 is 0 Å². The maximum absolute atomic E-state index is 2.63. The van der Waals surface area contributed by atoms with Gasteiger partial charge >= 0.3 is 17.1 Å². The van der Waals surface area contributed by atoms with Crippen LogP contribution >= 0.6 is 0 Å². The van der Waals surface area contributed by atoms with E-state index in [-0.39, 0.29) is 17.1 Å². The first-order chi connectivity index (χ1) is 19.7. The topological polar surface area (TPSA) is 0 Å². The molecule has 0 aromatic heterocycles. The van der Waals surface area contributed by atoms with Crippen LogP contribution in [0.2, 0.25) is 0 Å². The first-order valence-electron chi connectivity index (χ1n) is 18.2. The molecule has 0 saturated heterocycles. The van der Waals surface area contributed by atoms with Crippen molar-refractivity contribution in [1.29, 1.82) is 0 Å². The fraction of sp³-hybridized carbons (Fsp3) is 0.750. The van der Waals surface area contributed by atoms with Crippen LogP contribution in [0.5, 0.6) is 0 Å². The SMILES string of the molecule is CCCCCc1c[c-](CCCCC)c(CCCCC)c1CCCCC.CCCCCc1cc[cH-]c1CCCCC.[Fe+2]. The molecule has 0 aliphatic rings. The third kappa shape index (κ3) is 17.8. The fourth-order valence-corrected chi connectivity index (χ4v) is 6.19. The molecule has 0 radical (unpaired) electrons. The molecular formula is C40H70Fe. The Hall–Kier alpha value is -0.781. The van der Waals surface area contributed by atoms with Gasteiger partial charge in [-0.05, 0) is 0 Å². The van der Waals surface area contributed by atoms with Crippen molar-refractivity contribution in [2.24, 2.45) is 0 Å². The van der Waals surface area contributed by atoms with E-state index in [4.69, 9.17) is 0 Å². The number of rotatable bonds is 24. The Kier molecular flexibility index (Phi) is 27.5. The summed E-state index contributed by atoms with van der Waals surface area (Å²) in [5, 5.41) is 0. The molecule has 2 rings (SSSR count). The minimum absolute atomic E-state index is 0. The summed E-state index contributed by atoms with van der Waals surface area (Å²) in [6, 6.07) is 9.49. The molecule has 0 N–H and O–H groups in total. The molecule has 0 nitrogen and oxygen atoms in total. The Bertz CT molecular complexity index is 744. The van der Waals surface area contributed by atoms with Gasteiger partial charge in [-0.15, -0.1) is 0 Å². The Morgan fingerprint density at radius 1 is 0.512 bits per heavy atom. The van der Waals surface area contributed by atoms with E-state index in [9.17, 15) is 0 Å². The summed E-state index contributed by atoms with van der Waals surface area (Å²) in [5.41, 5.74) is 10.2. The predicted octanol–water partition coefficient (Wildman–Crippen LogP) is 13.2. The zero-order chi connectivity index (χ0) is 29.3. The second-order valence-corrected chi connectivity index (χ2v) is 12.5. The number of hydrogen-bond donors (Lipinski definition) is 0. The van der Waals surface area contributed by atoms with Crippen molar-refractivity contribution in [3.63, 3.8) is 0 Å². The number of hydrogen-bond acceptors (Lipinski definition) is 0. The van der Waals surface area contributed by atoms with Crippen LogP contribution in [0.4, 0.5) is 0 Å². The van der Waals surface area contributed by atoms with E-state index >= 15 is 0 Å². The minimum Gasteiger partial charge on any atom is -0.210 e. The van der Waals surface area contributed by atoms with E-state index in [1.54, 1.807) is 33.4 Å². The third-order valence-electron chi connectivity index (χ3n) is 8.75. The molecule has 2 aromatic carbocycles. The molecule has 41 heavy (non-hydrogen) atoms. The summed E-state index contributed by atoms with van der Waals surface area (Å²) < 4.78 is 0. The van der Waals surface area contributed by atoms with Gasteiger partial charge in [-0.1, -0.05) is 196 Å². The van der Waals surface area contributed by atoms with Crippen LogP contribution in [0.3, 0.4) is 0 Å². The molecule has 0 aliphatic heterocycles. The molecule has 2 aromatic rings. The average molecular weight is 607 g/mol. The molecule has 0 spiro atoms. The minimum atomic E-state index is 0. The van der Waals surface area contributed by atoms with Crippen LogP contribution in [0.15, 0.2) is 24.3 Å². The van der Waals surface area contributed by atoms with Crippen LogP contribution in [-0.2, 0) is 55.6 Å². The Balaban J connectivity index is 0.000000856. The standard InChI is InChI=1S/C25H45.C15H25.Fe/c1-5-9-13-17-22-21-23(18-14-10-6-2)25(20-16-12-8-4)24(22)19-15-11-7-3;1-3-5-7-10-14-12-9-13-15(14)11-8-6-4-2;/h21H,5-20H2,1-4H3;9,12-13H,3-8,10-11H2,1-2H3;/q2*-1;+2. The summed E-state index contributed by atoms with van der Waals surface area (Å²) >= 11 is 0. The first kappa shape index (κ1) is 40.2. The molecule has 0 unspecified atom stereocenters. The maximum Gasteiger partial charge on any atom is 2.00 e. The number of unbranched alkanes of at least 4 members (excludes halogenated alkanes) is 12. The third-order valence-corrected chi connectivity index (χ3v) is 8.75.